The molecular formula is C24H28ClN3O4. The molecule has 0 atom stereocenters. The lowest BCUT2D eigenvalue weighted by molar-refractivity contribution is -0.136. The number of benzene rings is 2. The molecule has 2 fully saturated rings. The molecule has 7 nitrogen and oxygen atoms in total. The Morgan fingerprint density at radius 3 is 2.47 bits per heavy atom. The van der Waals surface area contributed by atoms with Gasteiger partial charge in [-0.1, -0.05) is 41.9 Å². The number of phenols is 1. The number of phenolic OH excluding ortho intramolecular Hbond substituents is 1. The summed E-state index contributed by atoms with van der Waals surface area (Å²) in [6.07, 6.45) is 1.07. The molecule has 0 radical (unpaired) electrons. The summed E-state index contributed by atoms with van der Waals surface area (Å²) in [5.41, 5.74) is 0.895. The number of urea groups is 1. The molecule has 1 N–H and O–H groups in total. The topological polar surface area (TPSA) is 73.3 Å². The number of piperidine rings is 1. The minimum Gasteiger partial charge on any atom is -0.508 e. The van der Waals surface area contributed by atoms with Gasteiger partial charge in [-0.25, -0.2) is 4.79 Å². The van der Waals surface area contributed by atoms with Crippen LogP contribution in [-0.2, 0) is 22.6 Å². The number of carbonyl (C=O) groups excluding carboxylic acids is 2. The maximum absolute atomic E-state index is 13.5. The number of imide groups is 1. The molecule has 1 spiro atoms. The van der Waals surface area contributed by atoms with Crippen LogP contribution >= 0.6 is 11.6 Å². The fourth-order valence-corrected chi connectivity index (χ4v) is 4.83. The second-order valence-electron chi connectivity index (χ2n) is 8.38. The highest BCUT2D eigenvalue weighted by atomic mass is 35.5. The van der Waals surface area contributed by atoms with E-state index >= 15 is 0 Å². The molecule has 2 heterocycles. The lowest BCUT2D eigenvalue weighted by atomic mass is 9.85. The zero-order valence-electron chi connectivity index (χ0n) is 18.2. The highest BCUT2D eigenvalue weighted by molar-refractivity contribution is 6.30. The number of rotatable bonds is 7. The van der Waals surface area contributed by atoms with E-state index in [0.29, 0.717) is 50.7 Å². The van der Waals surface area contributed by atoms with E-state index < -0.39 is 5.54 Å². The number of hydrogen-bond donors (Lipinski definition) is 1. The van der Waals surface area contributed by atoms with E-state index in [1.54, 1.807) is 30.2 Å². The highest BCUT2D eigenvalue weighted by Crippen LogP contribution is 2.39. The average Bonchev–Trinajstić information content (AvgIpc) is 2.98. The Hall–Kier alpha value is -2.61. The van der Waals surface area contributed by atoms with Gasteiger partial charge in [0.25, 0.3) is 5.91 Å². The Morgan fingerprint density at radius 2 is 1.78 bits per heavy atom. The molecule has 4 rings (SSSR count). The molecule has 8 heteroatoms. The van der Waals surface area contributed by atoms with Crippen LogP contribution < -0.4 is 0 Å². The lowest BCUT2D eigenvalue weighted by Crippen LogP contribution is -2.56. The number of methoxy groups -OCH3 is 1. The van der Waals surface area contributed by atoms with Crippen LogP contribution in [0.1, 0.15) is 24.0 Å². The molecule has 2 aromatic carbocycles. The highest BCUT2D eigenvalue weighted by Gasteiger charge is 2.57. The quantitative estimate of drug-likeness (QED) is 0.644. The number of halogens is 1. The van der Waals surface area contributed by atoms with Gasteiger partial charge in [-0.3, -0.25) is 14.6 Å². The van der Waals surface area contributed by atoms with E-state index in [0.717, 1.165) is 11.1 Å². The third-order valence-corrected chi connectivity index (χ3v) is 6.68. The molecule has 0 unspecified atom stereocenters. The lowest BCUT2D eigenvalue weighted by Gasteiger charge is -2.42. The maximum Gasteiger partial charge on any atom is 0.328 e. The predicted molar refractivity (Wildman–Crippen MR) is 121 cm³/mol. The van der Waals surface area contributed by atoms with E-state index in [1.807, 2.05) is 30.3 Å². The Bertz CT molecular complexity index is 976. The van der Waals surface area contributed by atoms with Crippen LogP contribution in [0.25, 0.3) is 0 Å². The standard InChI is InChI=1S/C24H28ClN3O4/c1-32-14-13-27-22(30)24(28(23(27)31)16-18-5-3-2-4-6-18)9-11-26(12-10-24)17-19-15-20(25)7-8-21(19)29/h2-8,15,29H,9-14,16-17H2,1H3. The Kier molecular flexibility index (Phi) is 6.69. The number of ether oxygens (including phenoxy) is 1. The number of nitrogens with zero attached hydrogens (tertiary/aromatic N) is 3. The minimum atomic E-state index is -0.854. The van der Waals surface area contributed by atoms with Gasteiger partial charge < -0.3 is 14.7 Å². The molecule has 0 saturated carbocycles. The van der Waals surface area contributed by atoms with Crippen molar-refractivity contribution in [3.63, 3.8) is 0 Å². The normalized spacial score (nSPS) is 18.7. The van der Waals surface area contributed by atoms with E-state index in [9.17, 15) is 14.7 Å². The summed E-state index contributed by atoms with van der Waals surface area (Å²) in [5, 5.41) is 10.7. The smallest absolute Gasteiger partial charge is 0.328 e. The molecule has 0 aromatic heterocycles. The van der Waals surface area contributed by atoms with Crippen LogP contribution in [-0.4, -0.2) is 70.6 Å². The summed E-state index contributed by atoms with van der Waals surface area (Å²) in [6.45, 7) is 2.76. The Labute approximate surface area is 193 Å². The van der Waals surface area contributed by atoms with Gasteiger partial charge in [0.2, 0.25) is 0 Å². The van der Waals surface area contributed by atoms with Crippen LogP contribution in [0.4, 0.5) is 4.79 Å². The maximum atomic E-state index is 13.5. The zero-order chi connectivity index (χ0) is 22.7. The number of amides is 3. The Morgan fingerprint density at radius 1 is 1.06 bits per heavy atom. The van der Waals surface area contributed by atoms with Crippen LogP contribution in [0.15, 0.2) is 48.5 Å². The second kappa shape index (κ2) is 9.48. The summed E-state index contributed by atoms with van der Waals surface area (Å²) < 4.78 is 5.13. The number of hydrogen-bond acceptors (Lipinski definition) is 5. The van der Waals surface area contributed by atoms with E-state index in [2.05, 4.69) is 4.90 Å². The van der Waals surface area contributed by atoms with Crippen LogP contribution in [0.2, 0.25) is 5.02 Å². The van der Waals surface area contributed by atoms with Gasteiger partial charge in [0, 0.05) is 43.9 Å². The van der Waals surface area contributed by atoms with Crippen LogP contribution in [0.3, 0.4) is 0 Å². The number of likely N-dealkylation sites (tertiary alicyclic amines) is 1. The van der Waals surface area contributed by atoms with Gasteiger partial charge in [0.1, 0.15) is 11.3 Å². The van der Waals surface area contributed by atoms with Crippen molar-refractivity contribution in [3.05, 3.63) is 64.7 Å². The first-order valence-corrected chi connectivity index (χ1v) is 11.2. The average molecular weight is 458 g/mol. The largest absolute Gasteiger partial charge is 0.508 e. The van der Waals surface area contributed by atoms with Gasteiger partial charge in [-0.2, -0.15) is 0 Å². The molecule has 3 amide bonds. The first-order valence-electron chi connectivity index (χ1n) is 10.8. The molecular weight excluding hydrogens is 430 g/mol. The van der Waals surface area contributed by atoms with Crippen molar-refractivity contribution in [2.24, 2.45) is 0 Å². The van der Waals surface area contributed by atoms with Gasteiger partial charge in [0.15, 0.2) is 0 Å². The summed E-state index contributed by atoms with van der Waals surface area (Å²) in [7, 11) is 1.56. The summed E-state index contributed by atoms with van der Waals surface area (Å²) in [5.74, 6) is 0.0685. The number of aromatic hydroxyl groups is 1. The summed E-state index contributed by atoms with van der Waals surface area (Å²) in [4.78, 5) is 32.0. The fourth-order valence-electron chi connectivity index (χ4n) is 4.63. The van der Waals surface area contributed by atoms with Crippen LogP contribution in [0.5, 0.6) is 5.75 Å². The first kappa shape index (κ1) is 22.6. The van der Waals surface area contributed by atoms with Crippen molar-refractivity contribution in [2.75, 3.05) is 33.4 Å². The fraction of sp³-hybridized carbons (Fsp3) is 0.417. The van der Waals surface area contributed by atoms with Crippen molar-refractivity contribution < 1.29 is 19.4 Å². The molecule has 2 aliphatic rings. The molecule has 0 aliphatic carbocycles. The first-order chi connectivity index (χ1) is 15.4. The molecule has 2 aromatic rings. The van der Waals surface area contributed by atoms with E-state index in [-0.39, 0.29) is 24.2 Å². The van der Waals surface area contributed by atoms with Crippen molar-refractivity contribution in [1.29, 1.82) is 0 Å². The van der Waals surface area contributed by atoms with E-state index in [1.165, 1.54) is 4.90 Å². The van der Waals surface area contributed by atoms with Gasteiger partial charge in [-0.05, 0) is 36.6 Å². The van der Waals surface area contributed by atoms with E-state index in [4.69, 9.17) is 16.3 Å². The molecule has 0 bridgehead atoms. The summed E-state index contributed by atoms with van der Waals surface area (Å²) in [6, 6.07) is 14.5. The minimum absolute atomic E-state index is 0.138. The van der Waals surface area contributed by atoms with Gasteiger partial charge >= 0.3 is 6.03 Å². The van der Waals surface area contributed by atoms with Gasteiger partial charge in [0.05, 0.1) is 13.2 Å². The SMILES string of the molecule is COCCN1C(=O)N(Cc2ccccc2)C2(CCN(Cc3cc(Cl)ccc3O)CC2)C1=O. The predicted octanol–water partition coefficient (Wildman–Crippen LogP) is 3.49. The van der Waals surface area contributed by atoms with Crippen molar-refractivity contribution in [2.45, 2.75) is 31.5 Å². The zero-order valence-corrected chi connectivity index (χ0v) is 18.9. The van der Waals surface area contributed by atoms with Crippen molar-refractivity contribution in [3.8, 4) is 5.75 Å². The second-order valence-corrected chi connectivity index (χ2v) is 8.82. The summed E-state index contributed by atoms with van der Waals surface area (Å²) >= 11 is 6.09. The monoisotopic (exact) mass is 457 g/mol. The number of carbonyl (C=O) groups is 2. The van der Waals surface area contributed by atoms with Crippen molar-refractivity contribution >= 4 is 23.5 Å². The molecule has 170 valence electrons. The third kappa shape index (κ3) is 4.33. The third-order valence-electron chi connectivity index (χ3n) is 6.44. The Balaban J connectivity index is 1.54. The van der Waals surface area contributed by atoms with Gasteiger partial charge in [-0.15, -0.1) is 0 Å². The molecule has 32 heavy (non-hydrogen) atoms. The van der Waals surface area contributed by atoms with Crippen molar-refractivity contribution in [1.82, 2.24) is 14.7 Å². The molecule has 2 saturated heterocycles. The van der Waals surface area contributed by atoms with Crippen LogP contribution in [0, 0.1) is 0 Å². The molecule has 2 aliphatic heterocycles.